The van der Waals surface area contributed by atoms with E-state index in [9.17, 15) is 20.1 Å². The SMILES string of the molecule is CCCCCCCCCCCCC(O)C(O)CNC(CCCNC(=N)N)C(=O)O. The van der Waals surface area contributed by atoms with E-state index in [4.69, 9.17) is 11.1 Å². The molecule has 0 aromatic heterocycles. The van der Waals surface area contributed by atoms with Gasteiger partial charge in [-0.15, -0.1) is 0 Å². The standard InChI is InChI=1S/C21H44N4O4/c1-2-3-4-5-6-7-8-9-10-11-14-18(26)19(27)16-25-17(20(28)29)13-12-15-24-21(22)23/h17-19,25-27H,2-16H2,1H3,(H,28,29)(H4,22,23,24). The molecule has 0 bridgehead atoms. The maximum absolute atomic E-state index is 11.3. The van der Waals surface area contributed by atoms with E-state index < -0.39 is 24.2 Å². The van der Waals surface area contributed by atoms with E-state index in [-0.39, 0.29) is 12.5 Å². The molecule has 0 saturated heterocycles. The Bertz CT molecular complexity index is 423. The Hall–Kier alpha value is -1.38. The summed E-state index contributed by atoms with van der Waals surface area (Å²) in [7, 11) is 0. The van der Waals surface area contributed by atoms with Crippen LogP contribution in [0.1, 0.15) is 90.4 Å². The van der Waals surface area contributed by atoms with E-state index in [2.05, 4.69) is 17.6 Å². The van der Waals surface area contributed by atoms with Crippen molar-refractivity contribution in [2.24, 2.45) is 5.73 Å². The minimum absolute atomic E-state index is 0.0377. The molecule has 0 aromatic carbocycles. The number of nitrogens with two attached hydrogens (primary N) is 1. The van der Waals surface area contributed by atoms with Crippen molar-refractivity contribution in [3.8, 4) is 0 Å². The van der Waals surface area contributed by atoms with Crippen molar-refractivity contribution in [2.75, 3.05) is 13.1 Å². The molecular formula is C21H44N4O4. The van der Waals surface area contributed by atoms with E-state index in [1.165, 1.54) is 44.9 Å². The summed E-state index contributed by atoms with van der Waals surface area (Å²) in [5.41, 5.74) is 5.18. The van der Waals surface area contributed by atoms with Crippen molar-refractivity contribution in [2.45, 2.75) is 109 Å². The van der Waals surface area contributed by atoms with Gasteiger partial charge in [-0.1, -0.05) is 71.1 Å². The van der Waals surface area contributed by atoms with E-state index in [0.717, 1.165) is 19.3 Å². The van der Waals surface area contributed by atoms with Crippen LogP contribution in [0.5, 0.6) is 0 Å². The van der Waals surface area contributed by atoms with Crippen molar-refractivity contribution in [3.05, 3.63) is 0 Å². The Labute approximate surface area is 176 Å². The summed E-state index contributed by atoms with van der Waals surface area (Å²) in [4.78, 5) is 11.3. The molecule has 8 N–H and O–H groups in total. The Morgan fingerprint density at radius 2 is 1.45 bits per heavy atom. The maximum atomic E-state index is 11.3. The van der Waals surface area contributed by atoms with Crippen molar-refractivity contribution in [1.82, 2.24) is 10.6 Å². The topological polar surface area (TPSA) is 152 Å². The minimum atomic E-state index is -0.996. The number of nitrogens with one attached hydrogen (secondary N) is 3. The number of carboxylic acid groups (broad SMARTS) is 1. The third-order valence-electron chi connectivity index (χ3n) is 5.15. The molecular weight excluding hydrogens is 372 g/mol. The monoisotopic (exact) mass is 416 g/mol. The average molecular weight is 417 g/mol. The number of carboxylic acids is 1. The Morgan fingerprint density at radius 3 is 1.97 bits per heavy atom. The van der Waals surface area contributed by atoms with Gasteiger partial charge in [0, 0.05) is 13.1 Å². The summed E-state index contributed by atoms with van der Waals surface area (Å²) >= 11 is 0. The normalized spacial score (nSPS) is 14.3. The first-order valence-corrected chi connectivity index (χ1v) is 11.3. The van der Waals surface area contributed by atoms with Gasteiger partial charge < -0.3 is 31.7 Å². The molecule has 0 spiro atoms. The fourth-order valence-corrected chi connectivity index (χ4v) is 3.27. The number of unbranched alkanes of at least 4 members (excludes halogenated alkanes) is 9. The summed E-state index contributed by atoms with van der Waals surface area (Å²) in [5.74, 6) is -1.14. The lowest BCUT2D eigenvalue weighted by Gasteiger charge is -2.21. The van der Waals surface area contributed by atoms with E-state index >= 15 is 0 Å². The molecule has 0 fully saturated rings. The fraction of sp³-hybridized carbons (Fsp3) is 0.905. The Kier molecular flexibility index (Phi) is 17.7. The quantitative estimate of drug-likeness (QED) is 0.0913. The van der Waals surface area contributed by atoms with Gasteiger partial charge in [0.25, 0.3) is 0 Å². The number of rotatable bonds is 20. The number of aliphatic carboxylic acids is 1. The zero-order valence-corrected chi connectivity index (χ0v) is 18.2. The molecule has 8 heteroatoms. The molecule has 0 heterocycles. The van der Waals surface area contributed by atoms with Gasteiger partial charge in [0.2, 0.25) is 0 Å². The average Bonchev–Trinajstić information content (AvgIpc) is 2.67. The number of aliphatic hydroxyl groups is 2. The van der Waals surface area contributed by atoms with Gasteiger partial charge in [-0.2, -0.15) is 0 Å². The zero-order chi connectivity index (χ0) is 21.9. The van der Waals surface area contributed by atoms with Gasteiger partial charge in [-0.05, 0) is 19.3 Å². The molecule has 0 radical (unpaired) electrons. The highest BCUT2D eigenvalue weighted by Crippen LogP contribution is 2.13. The number of carbonyl (C=O) groups is 1. The van der Waals surface area contributed by atoms with Gasteiger partial charge in [0.05, 0.1) is 12.2 Å². The summed E-state index contributed by atoms with van der Waals surface area (Å²) in [6.07, 6.45) is 11.7. The molecule has 0 aromatic rings. The van der Waals surface area contributed by atoms with Gasteiger partial charge in [-0.3, -0.25) is 10.2 Å². The lowest BCUT2D eigenvalue weighted by molar-refractivity contribution is -0.139. The highest BCUT2D eigenvalue weighted by Gasteiger charge is 2.21. The summed E-state index contributed by atoms with van der Waals surface area (Å²) < 4.78 is 0. The van der Waals surface area contributed by atoms with Crippen LogP contribution in [-0.4, -0.2) is 58.6 Å². The van der Waals surface area contributed by atoms with Crippen molar-refractivity contribution in [3.63, 3.8) is 0 Å². The molecule has 172 valence electrons. The largest absolute Gasteiger partial charge is 0.480 e. The highest BCUT2D eigenvalue weighted by atomic mass is 16.4. The maximum Gasteiger partial charge on any atom is 0.320 e. The summed E-state index contributed by atoms with van der Waals surface area (Å²) in [5, 5.41) is 41.9. The third kappa shape index (κ3) is 17.2. The highest BCUT2D eigenvalue weighted by molar-refractivity contribution is 5.74. The van der Waals surface area contributed by atoms with Crippen LogP contribution >= 0.6 is 0 Å². The van der Waals surface area contributed by atoms with Crippen LogP contribution in [0.25, 0.3) is 0 Å². The van der Waals surface area contributed by atoms with Gasteiger partial charge >= 0.3 is 5.97 Å². The first kappa shape index (κ1) is 27.6. The van der Waals surface area contributed by atoms with Gasteiger partial charge in [0.1, 0.15) is 6.04 Å². The Balaban J connectivity index is 3.78. The van der Waals surface area contributed by atoms with Crippen molar-refractivity contribution in [1.29, 1.82) is 5.41 Å². The van der Waals surface area contributed by atoms with E-state index in [0.29, 0.717) is 25.8 Å². The molecule has 0 saturated carbocycles. The predicted octanol–water partition coefficient (Wildman–Crippen LogP) is 2.33. The van der Waals surface area contributed by atoms with E-state index in [1.54, 1.807) is 0 Å². The van der Waals surface area contributed by atoms with Crippen LogP contribution in [0.15, 0.2) is 0 Å². The number of guanidine groups is 1. The van der Waals surface area contributed by atoms with Gasteiger partial charge in [0.15, 0.2) is 5.96 Å². The lowest BCUT2D eigenvalue weighted by Crippen LogP contribution is -2.44. The molecule has 3 atom stereocenters. The Morgan fingerprint density at radius 1 is 0.897 bits per heavy atom. The predicted molar refractivity (Wildman–Crippen MR) is 117 cm³/mol. The van der Waals surface area contributed by atoms with Crippen LogP contribution in [0, 0.1) is 5.41 Å². The lowest BCUT2D eigenvalue weighted by atomic mass is 10.0. The zero-order valence-electron chi connectivity index (χ0n) is 18.2. The molecule has 0 aliphatic carbocycles. The van der Waals surface area contributed by atoms with Crippen LogP contribution in [0.3, 0.4) is 0 Å². The van der Waals surface area contributed by atoms with Gasteiger partial charge in [-0.25, -0.2) is 0 Å². The first-order valence-electron chi connectivity index (χ1n) is 11.3. The first-order chi connectivity index (χ1) is 13.9. The van der Waals surface area contributed by atoms with Crippen LogP contribution in [-0.2, 0) is 4.79 Å². The second-order valence-corrected chi connectivity index (χ2v) is 7.89. The van der Waals surface area contributed by atoms with E-state index in [1.807, 2.05) is 0 Å². The molecule has 0 amide bonds. The van der Waals surface area contributed by atoms with Crippen LogP contribution < -0.4 is 16.4 Å². The molecule has 3 unspecified atom stereocenters. The second kappa shape index (κ2) is 18.6. The molecule has 0 aliphatic heterocycles. The van der Waals surface area contributed by atoms with Crippen LogP contribution in [0.2, 0.25) is 0 Å². The smallest absolute Gasteiger partial charge is 0.320 e. The van der Waals surface area contributed by atoms with Crippen molar-refractivity contribution >= 4 is 11.9 Å². The molecule has 0 rings (SSSR count). The summed E-state index contributed by atoms with van der Waals surface area (Å²) in [6.45, 7) is 2.68. The number of hydrogen-bond donors (Lipinski definition) is 7. The molecule has 8 nitrogen and oxygen atoms in total. The third-order valence-corrected chi connectivity index (χ3v) is 5.15. The van der Waals surface area contributed by atoms with Crippen LogP contribution in [0.4, 0.5) is 0 Å². The fourth-order valence-electron chi connectivity index (χ4n) is 3.27. The minimum Gasteiger partial charge on any atom is -0.480 e. The summed E-state index contributed by atoms with van der Waals surface area (Å²) in [6, 6.07) is -0.803. The number of aliphatic hydroxyl groups excluding tert-OH is 2. The van der Waals surface area contributed by atoms with Crippen molar-refractivity contribution < 1.29 is 20.1 Å². The number of hydrogen-bond acceptors (Lipinski definition) is 5. The molecule has 0 aliphatic rings. The second-order valence-electron chi connectivity index (χ2n) is 7.89. The molecule has 29 heavy (non-hydrogen) atoms.